The molecular weight excluding hydrogens is 236 g/mol. The molecule has 1 atom stereocenters. The van der Waals surface area contributed by atoms with Gasteiger partial charge in [-0.15, -0.1) is 0 Å². The first-order valence-electron chi connectivity index (χ1n) is 7.70. The second kappa shape index (κ2) is 5.63. The predicted octanol–water partition coefficient (Wildman–Crippen LogP) is 1.72. The van der Waals surface area contributed by atoms with Crippen molar-refractivity contribution in [3.63, 3.8) is 0 Å². The zero-order valence-electron chi connectivity index (χ0n) is 12.2. The van der Waals surface area contributed by atoms with Crippen LogP contribution in [0.3, 0.4) is 0 Å². The number of hydrogen-bond donors (Lipinski definition) is 1. The SMILES string of the molecule is Cc1cc(C)n(CCCN2CCC(NC3CC3)C2)n1. The maximum Gasteiger partial charge on any atom is 0.0596 e. The van der Waals surface area contributed by atoms with E-state index >= 15 is 0 Å². The summed E-state index contributed by atoms with van der Waals surface area (Å²) in [5.74, 6) is 0. The molecule has 1 aromatic heterocycles. The topological polar surface area (TPSA) is 33.1 Å². The van der Waals surface area contributed by atoms with Gasteiger partial charge in [0.2, 0.25) is 0 Å². The average Bonchev–Trinajstić information content (AvgIpc) is 2.96. The van der Waals surface area contributed by atoms with Crippen LogP contribution in [0.25, 0.3) is 0 Å². The van der Waals surface area contributed by atoms with Gasteiger partial charge in [0.25, 0.3) is 0 Å². The Kier molecular flexibility index (Phi) is 3.89. The maximum atomic E-state index is 4.52. The second-order valence-electron chi connectivity index (χ2n) is 6.23. The highest BCUT2D eigenvalue weighted by Crippen LogP contribution is 2.22. The highest BCUT2D eigenvalue weighted by Gasteiger charge is 2.28. The minimum atomic E-state index is 0.751. The Labute approximate surface area is 116 Å². The van der Waals surface area contributed by atoms with Crippen LogP contribution in [0, 0.1) is 13.8 Å². The first-order chi connectivity index (χ1) is 9.20. The van der Waals surface area contributed by atoms with E-state index in [1.54, 1.807) is 0 Å². The summed E-state index contributed by atoms with van der Waals surface area (Å²) in [7, 11) is 0. The van der Waals surface area contributed by atoms with Gasteiger partial charge in [-0.25, -0.2) is 0 Å². The molecule has 1 saturated carbocycles. The van der Waals surface area contributed by atoms with E-state index in [4.69, 9.17) is 0 Å². The standard InChI is InChI=1S/C15H26N4/c1-12-10-13(2)19(17-12)8-3-7-18-9-6-15(11-18)16-14-4-5-14/h10,14-16H,3-9,11H2,1-2H3. The number of hydrogen-bond acceptors (Lipinski definition) is 3. The van der Waals surface area contributed by atoms with Crippen LogP contribution < -0.4 is 5.32 Å². The number of nitrogens with one attached hydrogen (secondary N) is 1. The Bertz CT molecular complexity index is 422. The van der Waals surface area contributed by atoms with Crippen LogP contribution in [-0.4, -0.2) is 46.4 Å². The van der Waals surface area contributed by atoms with E-state index in [2.05, 4.69) is 39.9 Å². The molecule has 2 aliphatic rings. The van der Waals surface area contributed by atoms with Gasteiger partial charge in [-0.05, 0) is 58.7 Å². The Balaban J connectivity index is 1.37. The van der Waals surface area contributed by atoms with Crippen LogP contribution in [0.2, 0.25) is 0 Å². The van der Waals surface area contributed by atoms with Gasteiger partial charge in [-0.3, -0.25) is 4.68 Å². The zero-order chi connectivity index (χ0) is 13.2. The minimum Gasteiger partial charge on any atom is -0.310 e. The Morgan fingerprint density at radius 1 is 1.21 bits per heavy atom. The van der Waals surface area contributed by atoms with Gasteiger partial charge in [-0.1, -0.05) is 0 Å². The van der Waals surface area contributed by atoms with Crippen molar-refractivity contribution in [3.05, 3.63) is 17.5 Å². The minimum absolute atomic E-state index is 0.751. The summed E-state index contributed by atoms with van der Waals surface area (Å²) in [4.78, 5) is 2.60. The number of likely N-dealkylation sites (tertiary alicyclic amines) is 1. The quantitative estimate of drug-likeness (QED) is 0.847. The average molecular weight is 262 g/mol. The van der Waals surface area contributed by atoms with Crippen LogP contribution in [0.5, 0.6) is 0 Å². The Hall–Kier alpha value is -0.870. The van der Waals surface area contributed by atoms with Crippen LogP contribution in [0.4, 0.5) is 0 Å². The van der Waals surface area contributed by atoms with Gasteiger partial charge in [0, 0.05) is 30.9 Å². The molecule has 1 saturated heterocycles. The smallest absolute Gasteiger partial charge is 0.0596 e. The fourth-order valence-electron chi connectivity index (χ4n) is 3.10. The van der Waals surface area contributed by atoms with Crippen molar-refractivity contribution in [2.24, 2.45) is 0 Å². The molecule has 0 amide bonds. The molecule has 1 aliphatic carbocycles. The Morgan fingerprint density at radius 3 is 2.74 bits per heavy atom. The molecule has 1 unspecified atom stereocenters. The summed E-state index contributed by atoms with van der Waals surface area (Å²) < 4.78 is 2.14. The Morgan fingerprint density at radius 2 is 2.05 bits per heavy atom. The van der Waals surface area contributed by atoms with Crippen molar-refractivity contribution in [1.29, 1.82) is 0 Å². The molecule has 4 heteroatoms. The van der Waals surface area contributed by atoms with Crippen molar-refractivity contribution in [2.45, 2.75) is 58.2 Å². The first-order valence-corrected chi connectivity index (χ1v) is 7.70. The van der Waals surface area contributed by atoms with Gasteiger partial charge in [-0.2, -0.15) is 5.10 Å². The highest BCUT2D eigenvalue weighted by molar-refractivity contribution is 5.06. The third kappa shape index (κ3) is 3.57. The molecule has 1 aromatic rings. The molecule has 106 valence electrons. The third-order valence-electron chi connectivity index (χ3n) is 4.27. The second-order valence-corrected chi connectivity index (χ2v) is 6.23. The van der Waals surface area contributed by atoms with E-state index in [9.17, 15) is 0 Å². The largest absolute Gasteiger partial charge is 0.310 e. The zero-order valence-corrected chi connectivity index (χ0v) is 12.2. The molecule has 0 aromatic carbocycles. The van der Waals surface area contributed by atoms with Crippen LogP contribution >= 0.6 is 0 Å². The number of aromatic nitrogens is 2. The number of aryl methyl sites for hydroxylation is 3. The van der Waals surface area contributed by atoms with E-state index in [1.165, 1.54) is 51.0 Å². The lowest BCUT2D eigenvalue weighted by Gasteiger charge is -2.16. The van der Waals surface area contributed by atoms with Crippen molar-refractivity contribution < 1.29 is 0 Å². The van der Waals surface area contributed by atoms with E-state index in [0.717, 1.165) is 24.3 Å². The van der Waals surface area contributed by atoms with Gasteiger partial charge in [0.15, 0.2) is 0 Å². The summed E-state index contributed by atoms with van der Waals surface area (Å²) >= 11 is 0. The van der Waals surface area contributed by atoms with Crippen molar-refractivity contribution in [1.82, 2.24) is 20.0 Å². The van der Waals surface area contributed by atoms with Gasteiger partial charge >= 0.3 is 0 Å². The highest BCUT2D eigenvalue weighted by atomic mass is 15.3. The van der Waals surface area contributed by atoms with E-state index in [0.29, 0.717) is 0 Å². The van der Waals surface area contributed by atoms with Crippen LogP contribution in [-0.2, 0) is 6.54 Å². The predicted molar refractivity (Wildman–Crippen MR) is 77.3 cm³/mol. The molecule has 3 rings (SSSR count). The molecule has 0 radical (unpaired) electrons. The maximum absolute atomic E-state index is 4.52. The first kappa shape index (κ1) is 13.1. The van der Waals surface area contributed by atoms with Gasteiger partial charge < -0.3 is 10.2 Å². The molecule has 2 fully saturated rings. The normalized spacial score (nSPS) is 24.2. The van der Waals surface area contributed by atoms with Crippen LogP contribution in [0.1, 0.15) is 37.1 Å². The number of rotatable bonds is 6. The van der Waals surface area contributed by atoms with E-state index < -0.39 is 0 Å². The summed E-state index contributed by atoms with van der Waals surface area (Å²) in [6.45, 7) is 8.98. The van der Waals surface area contributed by atoms with Crippen molar-refractivity contribution >= 4 is 0 Å². The third-order valence-corrected chi connectivity index (χ3v) is 4.27. The molecule has 0 spiro atoms. The summed E-state index contributed by atoms with van der Waals surface area (Å²) in [5.41, 5.74) is 2.42. The monoisotopic (exact) mass is 262 g/mol. The van der Waals surface area contributed by atoms with E-state index in [1.807, 2.05) is 0 Å². The molecule has 2 heterocycles. The molecule has 1 aliphatic heterocycles. The molecule has 0 bridgehead atoms. The van der Waals surface area contributed by atoms with Gasteiger partial charge in [0.1, 0.15) is 0 Å². The van der Waals surface area contributed by atoms with Crippen molar-refractivity contribution in [2.75, 3.05) is 19.6 Å². The van der Waals surface area contributed by atoms with Crippen molar-refractivity contribution in [3.8, 4) is 0 Å². The van der Waals surface area contributed by atoms with Crippen LogP contribution in [0.15, 0.2) is 6.07 Å². The lowest BCUT2D eigenvalue weighted by Crippen LogP contribution is -2.34. The fraction of sp³-hybridized carbons (Fsp3) is 0.800. The number of nitrogens with zero attached hydrogens (tertiary/aromatic N) is 3. The van der Waals surface area contributed by atoms with E-state index in [-0.39, 0.29) is 0 Å². The lowest BCUT2D eigenvalue weighted by atomic mass is 10.2. The summed E-state index contributed by atoms with van der Waals surface area (Å²) in [5, 5.41) is 8.27. The van der Waals surface area contributed by atoms with Gasteiger partial charge in [0.05, 0.1) is 5.69 Å². The fourth-order valence-corrected chi connectivity index (χ4v) is 3.10. The molecule has 4 nitrogen and oxygen atoms in total. The molecular formula is C15H26N4. The molecule has 19 heavy (non-hydrogen) atoms. The summed E-state index contributed by atoms with van der Waals surface area (Å²) in [6.07, 6.45) is 5.33. The molecule has 1 N–H and O–H groups in total. The lowest BCUT2D eigenvalue weighted by molar-refractivity contribution is 0.311. The summed E-state index contributed by atoms with van der Waals surface area (Å²) in [6, 6.07) is 3.76.